The van der Waals surface area contributed by atoms with E-state index in [0.29, 0.717) is 28.7 Å². The van der Waals surface area contributed by atoms with Gasteiger partial charge in [0.2, 0.25) is 5.91 Å². The van der Waals surface area contributed by atoms with Crippen molar-refractivity contribution < 1.29 is 23.1 Å². The molecule has 1 aliphatic rings. The summed E-state index contributed by atoms with van der Waals surface area (Å²) in [5, 5.41) is 2.70. The van der Waals surface area contributed by atoms with Crippen molar-refractivity contribution in [2.75, 3.05) is 16.8 Å². The molecule has 0 saturated heterocycles. The Bertz CT molecular complexity index is 946. The van der Waals surface area contributed by atoms with Crippen LogP contribution in [0.3, 0.4) is 0 Å². The molecule has 1 aliphatic heterocycles. The molecule has 3 rings (SSSR count). The molecule has 0 spiro atoms. The van der Waals surface area contributed by atoms with E-state index in [4.69, 9.17) is 11.6 Å². The molecule has 1 heterocycles. The lowest BCUT2D eigenvalue weighted by atomic mass is 10.1. The number of carbonyl (C=O) groups is 2. The molecule has 29 heavy (non-hydrogen) atoms. The average molecular weight is 488 g/mol. The first-order valence-electron chi connectivity index (χ1n) is 8.86. The molecule has 2 aromatic carbocycles. The Morgan fingerprint density at radius 1 is 1.24 bits per heavy atom. The van der Waals surface area contributed by atoms with Crippen LogP contribution in [0.5, 0.6) is 5.75 Å². The van der Waals surface area contributed by atoms with E-state index in [1.165, 1.54) is 24.3 Å². The number of fused-ring (bicyclic) bond motifs is 1. The zero-order valence-corrected chi connectivity index (χ0v) is 18.0. The number of alkyl halides is 3. The number of carbonyl (C=O) groups excluding carboxylic acids is 2. The van der Waals surface area contributed by atoms with E-state index in [1.54, 1.807) is 17.0 Å². The first-order valence-corrected chi connectivity index (χ1v) is 10.0. The van der Waals surface area contributed by atoms with Crippen LogP contribution in [0.4, 0.5) is 20.2 Å². The molecular formula is C20H18BrClF2N2O3. The molecule has 2 amide bonds. The van der Waals surface area contributed by atoms with Gasteiger partial charge in [-0.3, -0.25) is 9.59 Å². The van der Waals surface area contributed by atoms with Gasteiger partial charge in [-0.15, -0.1) is 8.78 Å². The third-order valence-corrected chi connectivity index (χ3v) is 5.07. The van der Waals surface area contributed by atoms with Gasteiger partial charge in [-0.2, -0.15) is 0 Å². The Balaban J connectivity index is 1.76. The Morgan fingerprint density at radius 2 is 1.90 bits per heavy atom. The topological polar surface area (TPSA) is 58.6 Å². The van der Waals surface area contributed by atoms with Gasteiger partial charge in [0.15, 0.2) is 0 Å². The first kappa shape index (κ1) is 21.5. The van der Waals surface area contributed by atoms with Gasteiger partial charge < -0.3 is 15.0 Å². The van der Waals surface area contributed by atoms with Crippen LogP contribution >= 0.6 is 27.5 Å². The molecule has 0 bridgehead atoms. The summed E-state index contributed by atoms with van der Waals surface area (Å²) in [6.45, 7) is 4.27. The van der Waals surface area contributed by atoms with Crippen LogP contribution in [0.2, 0.25) is 0 Å². The summed E-state index contributed by atoms with van der Waals surface area (Å²) >= 11 is 8.20. The van der Waals surface area contributed by atoms with Gasteiger partial charge in [-0.1, -0.05) is 13.8 Å². The summed E-state index contributed by atoms with van der Waals surface area (Å²) in [4.78, 5) is 26.7. The largest absolute Gasteiger partial charge is 0.487 e. The minimum absolute atomic E-state index is 0.0338. The minimum atomic E-state index is -3.80. The van der Waals surface area contributed by atoms with E-state index in [0.717, 1.165) is 11.3 Å². The highest BCUT2D eigenvalue weighted by Crippen LogP contribution is 2.37. The van der Waals surface area contributed by atoms with Crippen molar-refractivity contribution in [3.05, 3.63) is 52.0 Å². The second kappa shape index (κ2) is 8.28. The fourth-order valence-corrected chi connectivity index (χ4v) is 3.90. The number of hydrogen-bond donors (Lipinski definition) is 1. The molecule has 9 heteroatoms. The van der Waals surface area contributed by atoms with Crippen molar-refractivity contribution in [1.29, 1.82) is 0 Å². The molecular weight excluding hydrogens is 470 g/mol. The van der Waals surface area contributed by atoms with Crippen LogP contribution in [-0.4, -0.2) is 23.9 Å². The van der Waals surface area contributed by atoms with Crippen molar-refractivity contribution in [3.8, 4) is 5.75 Å². The van der Waals surface area contributed by atoms with E-state index in [2.05, 4.69) is 26.0 Å². The van der Waals surface area contributed by atoms with Crippen LogP contribution in [0.25, 0.3) is 0 Å². The van der Waals surface area contributed by atoms with Crippen molar-refractivity contribution in [1.82, 2.24) is 0 Å². The summed E-state index contributed by atoms with van der Waals surface area (Å²) in [6, 6.07) is 8.84. The first-order chi connectivity index (χ1) is 13.5. The van der Waals surface area contributed by atoms with Crippen molar-refractivity contribution in [2.45, 2.75) is 25.8 Å². The summed E-state index contributed by atoms with van der Waals surface area (Å²) in [6.07, 6.45) is 0.659. The quantitative estimate of drug-likeness (QED) is 0.574. The monoisotopic (exact) mass is 486 g/mol. The minimum Gasteiger partial charge on any atom is -0.420 e. The molecule has 0 unspecified atom stereocenters. The highest BCUT2D eigenvalue weighted by molar-refractivity contribution is 9.10. The molecule has 0 aromatic heterocycles. The zero-order chi connectivity index (χ0) is 21.3. The van der Waals surface area contributed by atoms with Gasteiger partial charge >= 0.3 is 5.57 Å². The Kier molecular flexibility index (Phi) is 6.14. The highest BCUT2D eigenvalue weighted by atomic mass is 79.9. The normalized spacial score (nSPS) is 13.4. The number of hydrogen-bond acceptors (Lipinski definition) is 3. The molecule has 1 N–H and O–H groups in total. The molecule has 154 valence electrons. The smallest absolute Gasteiger partial charge is 0.420 e. The number of benzene rings is 2. The van der Waals surface area contributed by atoms with Gasteiger partial charge in [0, 0.05) is 39.8 Å². The SMILES string of the molecule is CC(C)C(=O)N1CCc2cc(C(=O)Nc3ccc(OC(F)(F)Cl)cc3)cc(Br)c21. The van der Waals surface area contributed by atoms with E-state index in [-0.39, 0.29) is 23.5 Å². The molecule has 0 atom stereocenters. The van der Waals surface area contributed by atoms with Gasteiger partial charge in [0.05, 0.1) is 5.69 Å². The van der Waals surface area contributed by atoms with Gasteiger partial charge in [0.1, 0.15) is 5.75 Å². The lowest BCUT2D eigenvalue weighted by Crippen LogP contribution is -2.32. The van der Waals surface area contributed by atoms with Crippen molar-refractivity contribution >= 4 is 50.7 Å². The lowest BCUT2D eigenvalue weighted by Gasteiger charge is -2.21. The second-order valence-corrected chi connectivity index (χ2v) is 8.18. The summed E-state index contributed by atoms with van der Waals surface area (Å²) < 4.78 is 30.2. The molecule has 0 fully saturated rings. The van der Waals surface area contributed by atoms with Gasteiger partial charge in [-0.25, -0.2) is 0 Å². The van der Waals surface area contributed by atoms with E-state index in [9.17, 15) is 18.4 Å². The standard InChI is InChI=1S/C20H18BrClF2N2O3/c1-11(2)19(28)26-8-7-12-9-13(10-16(21)17(12)26)18(27)25-14-3-5-15(6-4-14)29-20(22,23)24/h3-6,9-11H,7-8H2,1-2H3,(H,25,27). The molecule has 0 aliphatic carbocycles. The summed E-state index contributed by atoms with van der Waals surface area (Å²) in [5.41, 5.74) is -1.27. The Morgan fingerprint density at radius 3 is 2.48 bits per heavy atom. The van der Waals surface area contributed by atoms with Crippen LogP contribution in [0.1, 0.15) is 29.8 Å². The van der Waals surface area contributed by atoms with E-state index < -0.39 is 5.57 Å². The average Bonchev–Trinajstić information content (AvgIpc) is 3.06. The number of rotatable bonds is 5. The third-order valence-electron chi connectivity index (χ3n) is 4.38. The number of nitrogens with one attached hydrogen (secondary N) is 1. The number of nitrogens with zero attached hydrogens (tertiary/aromatic N) is 1. The van der Waals surface area contributed by atoms with Crippen LogP contribution in [-0.2, 0) is 11.2 Å². The van der Waals surface area contributed by atoms with Crippen molar-refractivity contribution in [2.24, 2.45) is 5.92 Å². The Labute approximate surface area is 180 Å². The summed E-state index contributed by atoms with van der Waals surface area (Å²) in [5.74, 6) is -0.579. The Hall–Kier alpha value is -2.19. The fourth-order valence-electron chi connectivity index (χ4n) is 3.10. The van der Waals surface area contributed by atoms with Crippen LogP contribution < -0.4 is 15.0 Å². The second-order valence-electron chi connectivity index (χ2n) is 6.89. The number of anilines is 2. The predicted molar refractivity (Wildman–Crippen MR) is 111 cm³/mol. The summed E-state index contributed by atoms with van der Waals surface area (Å²) in [7, 11) is 0. The zero-order valence-electron chi connectivity index (χ0n) is 15.6. The maximum atomic E-state index is 12.7. The van der Waals surface area contributed by atoms with Gasteiger partial charge in [-0.05, 0) is 64.3 Å². The lowest BCUT2D eigenvalue weighted by molar-refractivity contribution is -0.121. The maximum Gasteiger partial charge on any atom is 0.487 e. The highest BCUT2D eigenvalue weighted by Gasteiger charge is 2.30. The van der Waals surface area contributed by atoms with Gasteiger partial charge in [0.25, 0.3) is 5.91 Å². The number of ether oxygens (including phenoxy) is 1. The third kappa shape index (κ3) is 5.05. The fraction of sp³-hybridized carbons (Fsp3) is 0.300. The van der Waals surface area contributed by atoms with Crippen molar-refractivity contribution in [3.63, 3.8) is 0 Å². The molecule has 5 nitrogen and oxygen atoms in total. The number of halogens is 4. The molecule has 0 saturated carbocycles. The number of amides is 2. The van der Waals surface area contributed by atoms with Crippen LogP contribution in [0.15, 0.2) is 40.9 Å². The predicted octanol–water partition coefficient (Wildman–Crippen LogP) is 5.41. The van der Waals surface area contributed by atoms with Crippen LogP contribution in [0, 0.1) is 5.92 Å². The molecule has 2 aromatic rings. The molecule has 0 radical (unpaired) electrons. The van der Waals surface area contributed by atoms with E-state index in [1.807, 2.05) is 13.8 Å². The van der Waals surface area contributed by atoms with E-state index >= 15 is 0 Å². The maximum absolute atomic E-state index is 12.7.